The van der Waals surface area contributed by atoms with Crippen LogP contribution in [0.25, 0.3) is 5.76 Å². The van der Waals surface area contributed by atoms with Crippen molar-refractivity contribution < 1.29 is 29.6 Å². The van der Waals surface area contributed by atoms with Crippen LogP contribution in [0.2, 0.25) is 0 Å². The van der Waals surface area contributed by atoms with Gasteiger partial charge in [-0.3, -0.25) is 9.59 Å². The third kappa shape index (κ3) is 1.57. The molecule has 0 saturated heterocycles. The molecule has 106 valence electrons. The number of allylic oxidation sites excluding steroid dienone is 1. The van der Waals surface area contributed by atoms with Gasteiger partial charge >= 0.3 is 0 Å². The molecule has 0 bridgehead atoms. The number of hydrogen-bond acceptors (Lipinski definition) is 6. The Morgan fingerprint density at radius 1 is 1.00 bits per heavy atom. The van der Waals surface area contributed by atoms with Crippen molar-refractivity contribution in [2.45, 2.75) is 20.3 Å². The highest BCUT2D eigenvalue weighted by atomic mass is 16.5. The first-order chi connectivity index (χ1) is 9.36. The molecule has 0 amide bonds. The highest BCUT2D eigenvalue weighted by molar-refractivity contribution is 6.53. The normalized spacial score (nSPS) is 14.6. The van der Waals surface area contributed by atoms with Crippen LogP contribution in [0.4, 0.5) is 0 Å². The number of fused-ring (bicyclic) bond motifs is 1. The van der Waals surface area contributed by atoms with Gasteiger partial charge in [0.25, 0.3) is 0 Å². The summed E-state index contributed by atoms with van der Waals surface area (Å²) in [6.07, 6.45) is 0.140. The Hall–Kier alpha value is -2.50. The summed E-state index contributed by atoms with van der Waals surface area (Å²) in [5.74, 6) is -3.39. The van der Waals surface area contributed by atoms with Crippen LogP contribution in [0.3, 0.4) is 0 Å². The lowest BCUT2D eigenvalue weighted by Gasteiger charge is -2.22. The van der Waals surface area contributed by atoms with Gasteiger partial charge in [0.1, 0.15) is 11.5 Å². The summed E-state index contributed by atoms with van der Waals surface area (Å²) in [5, 5.41) is 30.3. The molecule has 1 aliphatic rings. The van der Waals surface area contributed by atoms with Crippen molar-refractivity contribution in [1.29, 1.82) is 0 Å². The molecule has 3 N–H and O–H groups in total. The van der Waals surface area contributed by atoms with Crippen LogP contribution in [0, 0.1) is 6.92 Å². The summed E-state index contributed by atoms with van der Waals surface area (Å²) < 4.78 is 4.92. The van der Waals surface area contributed by atoms with Gasteiger partial charge in [-0.25, -0.2) is 0 Å². The van der Waals surface area contributed by atoms with Gasteiger partial charge in [0.2, 0.25) is 11.6 Å². The Morgan fingerprint density at radius 2 is 1.60 bits per heavy atom. The van der Waals surface area contributed by atoms with E-state index in [1.807, 2.05) is 0 Å². The quantitative estimate of drug-likeness (QED) is 0.563. The maximum atomic E-state index is 12.1. The number of carbonyl (C=O) groups is 2. The predicted molar refractivity (Wildman–Crippen MR) is 70.2 cm³/mol. The Balaban J connectivity index is 2.97. The minimum atomic E-state index is -0.972. The van der Waals surface area contributed by atoms with Crippen LogP contribution in [-0.2, 0) is 4.79 Å². The number of methoxy groups -OCH3 is 1. The van der Waals surface area contributed by atoms with Crippen LogP contribution in [0.15, 0.2) is 5.57 Å². The van der Waals surface area contributed by atoms with Gasteiger partial charge in [0.15, 0.2) is 11.5 Å². The minimum Gasteiger partial charge on any atom is -0.507 e. The molecule has 0 heterocycles. The highest BCUT2D eigenvalue weighted by Gasteiger charge is 2.38. The number of Topliss-reactive ketones (excluding diaryl/α,β-unsaturated/α-hetero) is 2. The molecule has 0 aromatic heterocycles. The van der Waals surface area contributed by atoms with E-state index in [-0.39, 0.29) is 34.6 Å². The number of benzene rings is 1. The SMILES string of the molecule is CCC1=C(O)c2c(O)c(C)c(OC)c(O)c2C(=O)C1=O. The van der Waals surface area contributed by atoms with Crippen molar-refractivity contribution in [1.82, 2.24) is 0 Å². The number of aliphatic hydroxyl groups is 1. The van der Waals surface area contributed by atoms with Crippen LogP contribution >= 0.6 is 0 Å². The molecule has 1 aliphatic carbocycles. The lowest BCUT2D eigenvalue weighted by atomic mass is 9.84. The van der Waals surface area contributed by atoms with Gasteiger partial charge in [0, 0.05) is 11.1 Å². The summed E-state index contributed by atoms with van der Waals surface area (Å²) in [6.45, 7) is 3.07. The lowest BCUT2D eigenvalue weighted by molar-refractivity contribution is -0.112. The van der Waals surface area contributed by atoms with Crippen molar-refractivity contribution >= 4 is 17.3 Å². The second kappa shape index (κ2) is 4.56. The molecule has 20 heavy (non-hydrogen) atoms. The van der Waals surface area contributed by atoms with Crippen LogP contribution in [0.1, 0.15) is 34.8 Å². The van der Waals surface area contributed by atoms with Gasteiger partial charge in [0.05, 0.1) is 18.2 Å². The molecular formula is C14H14O6. The van der Waals surface area contributed by atoms with Gasteiger partial charge in [-0.05, 0) is 13.3 Å². The summed E-state index contributed by atoms with van der Waals surface area (Å²) in [4.78, 5) is 23.9. The average Bonchev–Trinajstić information content (AvgIpc) is 2.41. The first-order valence-electron chi connectivity index (χ1n) is 6.00. The topological polar surface area (TPSA) is 104 Å². The van der Waals surface area contributed by atoms with E-state index in [1.54, 1.807) is 6.92 Å². The number of phenols is 2. The van der Waals surface area contributed by atoms with Crippen molar-refractivity contribution in [3.63, 3.8) is 0 Å². The molecule has 0 aliphatic heterocycles. The third-order valence-electron chi connectivity index (χ3n) is 3.42. The molecule has 0 fully saturated rings. The third-order valence-corrected chi connectivity index (χ3v) is 3.42. The minimum absolute atomic E-state index is 0.0817. The molecular weight excluding hydrogens is 264 g/mol. The van der Waals surface area contributed by atoms with E-state index in [9.17, 15) is 24.9 Å². The van der Waals surface area contributed by atoms with Gasteiger partial charge in [-0.15, -0.1) is 0 Å². The van der Waals surface area contributed by atoms with Crippen molar-refractivity contribution in [3.05, 3.63) is 22.3 Å². The van der Waals surface area contributed by atoms with Crippen LogP contribution < -0.4 is 4.74 Å². The zero-order valence-corrected chi connectivity index (χ0v) is 11.3. The Morgan fingerprint density at radius 3 is 2.10 bits per heavy atom. The fourth-order valence-electron chi connectivity index (χ4n) is 2.36. The van der Waals surface area contributed by atoms with Crippen molar-refractivity contribution in [2.75, 3.05) is 7.11 Å². The highest BCUT2D eigenvalue weighted by Crippen LogP contribution is 2.47. The van der Waals surface area contributed by atoms with E-state index < -0.39 is 28.6 Å². The first-order valence-corrected chi connectivity index (χ1v) is 6.00. The molecule has 2 rings (SSSR count). The van der Waals surface area contributed by atoms with E-state index in [4.69, 9.17) is 4.74 Å². The zero-order valence-electron chi connectivity index (χ0n) is 11.3. The molecule has 6 heteroatoms. The van der Waals surface area contributed by atoms with Gasteiger partial charge in [-0.2, -0.15) is 0 Å². The average molecular weight is 278 g/mol. The van der Waals surface area contributed by atoms with Gasteiger partial charge in [-0.1, -0.05) is 6.92 Å². The fourth-order valence-corrected chi connectivity index (χ4v) is 2.36. The van der Waals surface area contributed by atoms with Crippen molar-refractivity contribution in [2.24, 2.45) is 0 Å². The Bertz CT molecular complexity index is 669. The second-order valence-electron chi connectivity index (χ2n) is 4.44. The van der Waals surface area contributed by atoms with Crippen LogP contribution in [-0.4, -0.2) is 34.0 Å². The number of ether oxygens (including phenoxy) is 1. The summed E-state index contributed by atoms with van der Waals surface area (Å²) in [5.41, 5.74) is -0.554. The summed E-state index contributed by atoms with van der Waals surface area (Å²) in [6, 6.07) is 0. The number of ketones is 2. The summed E-state index contributed by atoms with van der Waals surface area (Å²) >= 11 is 0. The zero-order chi connectivity index (χ0) is 15.2. The fraction of sp³-hybridized carbons (Fsp3) is 0.286. The van der Waals surface area contributed by atoms with Crippen molar-refractivity contribution in [3.8, 4) is 17.2 Å². The Kier molecular flexibility index (Phi) is 3.17. The smallest absolute Gasteiger partial charge is 0.238 e. The van der Waals surface area contributed by atoms with E-state index in [0.29, 0.717) is 0 Å². The maximum absolute atomic E-state index is 12.1. The summed E-state index contributed by atoms with van der Waals surface area (Å²) in [7, 11) is 1.26. The monoisotopic (exact) mass is 278 g/mol. The van der Waals surface area contributed by atoms with E-state index in [0.717, 1.165) is 0 Å². The van der Waals surface area contributed by atoms with E-state index in [2.05, 4.69) is 0 Å². The number of aliphatic hydroxyl groups excluding tert-OH is 1. The molecule has 0 atom stereocenters. The standard InChI is InChI=1S/C14H14O6/c1-4-6-10(16)7-8(12(18)11(6)17)13(19)14(20-3)5(2)9(7)15/h15-16,19H,4H2,1-3H3. The van der Waals surface area contributed by atoms with Gasteiger partial charge < -0.3 is 20.1 Å². The molecule has 6 nitrogen and oxygen atoms in total. The molecule has 1 aromatic rings. The molecule has 1 aromatic carbocycles. The lowest BCUT2D eigenvalue weighted by Crippen LogP contribution is -2.24. The van der Waals surface area contributed by atoms with E-state index in [1.165, 1.54) is 14.0 Å². The van der Waals surface area contributed by atoms with Crippen LogP contribution in [0.5, 0.6) is 17.2 Å². The molecule has 0 spiro atoms. The first kappa shape index (κ1) is 13.9. The number of phenolic OH excluding ortho intramolecular Hbond substituents is 2. The van der Waals surface area contributed by atoms with E-state index >= 15 is 0 Å². The molecule has 0 radical (unpaired) electrons. The second-order valence-corrected chi connectivity index (χ2v) is 4.44. The molecule has 0 unspecified atom stereocenters. The number of aromatic hydroxyl groups is 2. The Labute approximate surface area is 114 Å². The predicted octanol–water partition coefficient (Wildman–Crippen LogP) is 1.86. The number of rotatable bonds is 2. The largest absolute Gasteiger partial charge is 0.507 e. The maximum Gasteiger partial charge on any atom is 0.238 e. The molecule has 0 saturated carbocycles. The number of carbonyl (C=O) groups excluding carboxylic acids is 2. The number of hydrogen-bond donors (Lipinski definition) is 3.